The van der Waals surface area contributed by atoms with Crippen molar-refractivity contribution in [3.05, 3.63) is 42.0 Å². The van der Waals surface area contributed by atoms with Crippen molar-refractivity contribution in [3.63, 3.8) is 0 Å². The molecule has 0 unspecified atom stereocenters. The Labute approximate surface area is 152 Å². The van der Waals surface area contributed by atoms with Crippen LogP contribution in [0.15, 0.2) is 36.4 Å². The minimum absolute atomic E-state index is 0.156. The van der Waals surface area contributed by atoms with Crippen molar-refractivity contribution >= 4 is 27.6 Å². The Bertz CT molecular complexity index is 1120. The van der Waals surface area contributed by atoms with Gasteiger partial charge in [0, 0.05) is 29.6 Å². The monoisotopic (exact) mass is 345 g/mol. The highest BCUT2D eigenvalue weighted by molar-refractivity contribution is 5.94. The maximum atomic E-state index is 4.86. The largest absolute Gasteiger partial charge is 0.370 e. The van der Waals surface area contributed by atoms with Gasteiger partial charge in [-0.05, 0) is 30.2 Å². The predicted molar refractivity (Wildman–Crippen MR) is 107 cm³/mol. The van der Waals surface area contributed by atoms with Crippen molar-refractivity contribution < 1.29 is 0 Å². The van der Waals surface area contributed by atoms with Crippen LogP contribution in [-0.2, 0) is 5.41 Å². The number of anilines is 1. The molecule has 26 heavy (non-hydrogen) atoms. The zero-order valence-corrected chi connectivity index (χ0v) is 15.4. The van der Waals surface area contributed by atoms with Gasteiger partial charge in [0.1, 0.15) is 5.69 Å². The van der Waals surface area contributed by atoms with Gasteiger partial charge in [-0.1, -0.05) is 39.0 Å². The van der Waals surface area contributed by atoms with E-state index in [9.17, 15) is 0 Å². The van der Waals surface area contributed by atoms with Crippen LogP contribution >= 0.6 is 0 Å². The van der Waals surface area contributed by atoms with Crippen LogP contribution in [-0.4, -0.2) is 33.3 Å². The lowest BCUT2D eigenvalue weighted by molar-refractivity contribution is 0.549. The van der Waals surface area contributed by atoms with Gasteiger partial charge in [0.2, 0.25) is 0 Å². The Hall–Kier alpha value is -2.82. The number of aromatic nitrogens is 4. The van der Waals surface area contributed by atoms with Crippen LogP contribution in [0.25, 0.3) is 33.5 Å². The molecule has 0 atom stereocenters. The molecule has 2 N–H and O–H groups in total. The summed E-state index contributed by atoms with van der Waals surface area (Å²) in [5.74, 6) is 0.820. The highest BCUT2D eigenvalue weighted by Crippen LogP contribution is 2.42. The quantitative estimate of drug-likeness (QED) is 0.570. The molecule has 5 heteroatoms. The highest BCUT2D eigenvalue weighted by Gasteiger charge is 2.35. The Balaban J connectivity index is 1.67. The second-order valence-electron chi connectivity index (χ2n) is 7.90. The van der Waals surface area contributed by atoms with Crippen LogP contribution in [0.1, 0.15) is 32.8 Å². The van der Waals surface area contributed by atoms with Crippen molar-refractivity contribution in [3.8, 4) is 11.5 Å². The number of fused-ring (bicyclic) bond motifs is 3. The fourth-order valence-electron chi connectivity index (χ4n) is 4.22. The van der Waals surface area contributed by atoms with Crippen LogP contribution < -0.4 is 4.90 Å². The molecule has 4 aromatic rings. The molecule has 1 aliphatic heterocycles. The molecule has 3 heterocycles. The Morgan fingerprint density at radius 2 is 2.00 bits per heavy atom. The van der Waals surface area contributed by atoms with Gasteiger partial charge in [0.15, 0.2) is 5.82 Å². The first-order valence-electron chi connectivity index (χ1n) is 9.29. The van der Waals surface area contributed by atoms with Crippen LogP contribution in [0.2, 0.25) is 0 Å². The lowest BCUT2D eigenvalue weighted by Crippen LogP contribution is -2.28. The van der Waals surface area contributed by atoms with Crippen molar-refractivity contribution in [2.45, 2.75) is 32.6 Å². The number of nitrogens with zero attached hydrogens (tertiary/aromatic N) is 3. The minimum Gasteiger partial charge on any atom is -0.370 e. The molecule has 132 valence electrons. The summed E-state index contributed by atoms with van der Waals surface area (Å²) < 4.78 is 0. The Kier molecular flexibility index (Phi) is 3.17. The predicted octanol–water partition coefficient (Wildman–Crippen LogP) is 4.61. The summed E-state index contributed by atoms with van der Waals surface area (Å²) in [6.45, 7) is 9.04. The number of benzene rings is 2. The molecule has 5 rings (SSSR count). The first-order valence-corrected chi connectivity index (χ1v) is 9.29. The molecule has 0 saturated heterocycles. The molecule has 2 aromatic heterocycles. The summed E-state index contributed by atoms with van der Waals surface area (Å²) in [7, 11) is 0. The van der Waals surface area contributed by atoms with E-state index in [0.717, 1.165) is 53.0 Å². The third-order valence-electron chi connectivity index (χ3n) is 5.44. The first kappa shape index (κ1) is 15.4. The third-order valence-corrected chi connectivity index (χ3v) is 5.44. The van der Waals surface area contributed by atoms with Gasteiger partial charge in [0.05, 0.1) is 16.6 Å². The van der Waals surface area contributed by atoms with Gasteiger partial charge >= 0.3 is 0 Å². The molecule has 2 aromatic carbocycles. The van der Waals surface area contributed by atoms with E-state index in [4.69, 9.17) is 4.98 Å². The fourth-order valence-corrected chi connectivity index (χ4v) is 4.22. The summed E-state index contributed by atoms with van der Waals surface area (Å²) in [4.78, 5) is 10.8. The van der Waals surface area contributed by atoms with E-state index in [2.05, 4.69) is 59.1 Å². The Morgan fingerprint density at radius 1 is 1.15 bits per heavy atom. The molecule has 0 saturated carbocycles. The van der Waals surface area contributed by atoms with E-state index in [1.165, 1.54) is 11.3 Å². The highest BCUT2D eigenvalue weighted by atomic mass is 15.2. The molecule has 0 aliphatic carbocycles. The summed E-state index contributed by atoms with van der Waals surface area (Å²) >= 11 is 0. The topological polar surface area (TPSA) is 60.6 Å². The van der Waals surface area contributed by atoms with E-state index >= 15 is 0 Å². The number of imidazole rings is 1. The van der Waals surface area contributed by atoms with E-state index in [0.29, 0.717) is 0 Å². The SMILES string of the molecule is CCCN1CC(C)(C)c2cc3[nH]c(-c4n[nH]c5ccccc45)nc3cc21. The maximum absolute atomic E-state index is 4.86. The molecular formula is C21H23N5. The Morgan fingerprint density at radius 3 is 2.85 bits per heavy atom. The van der Waals surface area contributed by atoms with Gasteiger partial charge < -0.3 is 9.88 Å². The van der Waals surface area contributed by atoms with Gasteiger partial charge in [-0.15, -0.1) is 0 Å². The minimum atomic E-state index is 0.156. The first-order chi connectivity index (χ1) is 12.6. The molecule has 0 amide bonds. The van der Waals surface area contributed by atoms with Gasteiger partial charge in [-0.2, -0.15) is 5.10 Å². The van der Waals surface area contributed by atoms with E-state index in [1.807, 2.05) is 18.2 Å². The van der Waals surface area contributed by atoms with Crippen molar-refractivity contribution in [1.82, 2.24) is 20.2 Å². The van der Waals surface area contributed by atoms with Gasteiger partial charge in [-0.3, -0.25) is 5.10 Å². The molecule has 0 radical (unpaired) electrons. The lowest BCUT2D eigenvalue weighted by Gasteiger charge is -2.21. The van der Waals surface area contributed by atoms with Crippen molar-refractivity contribution in [1.29, 1.82) is 0 Å². The maximum Gasteiger partial charge on any atom is 0.159 e. The molecule has 1 aliphatic rings. The van der Waals surface area contributed by atoms with E-state index < -0.39 is 0 Å². The summed E-state index contributed by atoms with van der Waals surface area (Å²) in [6, 6.07) is 12.7. The molecule has 5 nitrogen and oxygen atoms in total. The standard InChI is InChI=1S/C21H23N5/c1-4-9-26-12-21(2,3)14-10-16-17(11-18(14)26)23-20(22-16)19-13-7-5-6-8-15(13)24-25-19/h5-8,10-11H,4,9,12H2,1-3H3,(H,22,23)(H,24,25). The number of aromatic amines is 2. The number of nitrogens with one attached hydrogen (secondary N) is 2. The number of hydrogen-bond donors (Lipinski definition) is 2. The lowest BCUT2D eigenvalue weighted by atomic mass is 9.87. The van der Waals surface area contributed by atoms with Crippen molar-refractivity contribution in [2.24, 2.45) is 0 Å². The van der Waals surface area contributed by atoms with E-state index in [-0.39, 0.29) is 5.41 Å². The number of para-hydroxylation sites is 1. The molecular weight excluding hydrogens is 322 g/mol. The number of H-pyrrole nitrogens is 2. The zero-order chi connectivity index (χ0) is 17.9. The second-order valence-corrected chi connectivity index (χ2v) is 7.90. The second kappa shape index (κ2) is 5.34. The fraction of sp³-hybridized carbons (Fsp3) is 0.333. The van der Waals surface area contributed by atoms with Crippen LogP contribution in [0, 0.1) is 0 Å². The summed E-state index contributed by atoms with van der Waals surface area (Å²) in [6.07, 6.45) is 1.15. The molecule has 0 spiro atoms. The average molecular weight is 345 g/mol. The smallest absolute Gasteiger partial charge is 0.159 e. The third kappa shape index (κ3) is 2.16. The van der Waals surface area contributed by atoms with E-state index in [1.54, 1.807) is 0 Å². The van der Waals surface area contributed by atoms with Gasteiger partial charge in [-0.25, -0.2) is 4.98 Å². The normalized spacial score (nSPS) is 15.9. The summed E-state index contributed by atoms with van der Waals surface area (Å²) in [5.41, 5.74) is 6.88. The summed E-state index contributed by atoms with van der Waals surface area (Å²) in [5, 5.41) is 8.67. The number of hydrogen-bond acceptors (Lipinski definition) is 3. The molecule has 0 bridgehead atoms. The van der Waals surface area contributed by atoms with Crippen LogP contribution in [0.4, 0.5) is 5.69 Å². The zero-order valence-electron chi connectivity index (χ0n) is 15.4. The van der Waals surface area contributed by atoms with Crippen LogP contribution in [0.5, 0.6) is 0 Å². The van der Waals surface area contributed by atoms with Crippen molar-refractivity contribution in [2.75, 3.05) is 18.0 Å². The van der Waals surface area contributed by atoms with Gasteiger partial charge in [0.25, 0.3) is 0 Å². The van der Waals surface area contributed by atoms with Crippen LogP contribution in [0.3, 0.4) is 0 Å². The average Bonchev–Trinajstić information content (AvgIpc) is 3.28. The number of rotatable bonds is 3. The molecule has 0 fully saturated rings.